The van der Waals surface area contributed by atoms with Gasteiger partial charge in [-0.2, -0.15) is 11.3 Å². The fraction of sp³-hybridized carbons (Fsp3) is 0.520. The van der Waals surface area contributed by atoms with Crippen LogP contribution in [0.15, 0.2) is 41.1 Å². The topological polar surface area (TPSA) is 76.1 Å². The Labute approximate surface area is 220 Å². The highest BCUT2D eigenvalue weighted by molar-refractivity contribution is 7.08. The number of nitrogens with zero attached hydrogens (tertiary/aromatic N) is 3. The van der Waals surface area contributed by atoms with E-state index in [0.29, 0.717) is 26.2 Å². The molecule has 0 saturated carbocycles. The molecule has 2 amide bonds. The number of amides is 2. The molecule has 2 aliphatic rings. The Hall–Kier alpha value is -1.84. The normalized spacial score (nSPS) is 18.5. The zero-order valence-electron chi connectivity index (χ0n) is 19.6. The summed E-state index contributed by atoms with van der Waals surface area (Å²) in [6, 6.07) is 9.57. The van der Waals surface area contributed by atoms with E-state index in [2.05, 4.69) is 45.2 Å². The first kappa shape index (κ1) is 26.2. The molecule has 1 atom stereocenters. The summed E-state index contributed by atoms with van der Waals surface area (Å²) in [5, 5.41) is 17.5. The molecule has 2 aliphatic heterocycles. The molecule has 4 rings (SSSR count). The molecule has 1 aromatic carbocycles. The molecule has 35 heavy (non-hydrogen) atoms. The Morgan fingerprint density at radius 1 is 1.09 bits per heavy atom. The molecular formula is C25H32Cl2N4O3S. The first-order valence-electron chi connectivity index (χ1n) is 12.1. The van der Waals surface area contributed by atoms with Crippen molar-refractivity contribution in [2.45, 2.75) is 30.3 Å². The summed E-state index contributed by atoms with van der Waals surface area (Å²) < 4.78 is 0. The molecule has 2 fully saturated rings. The third-order valence-corrected chi connectivity index (χ3v) is 8.23. The van der Waals surface area contributed by atoms with Crippen molar-refractivity contribution in [1.82, 2.24) is 20.0 Å². The van der Waals surface area contributed by atoms with Crippen LogP contribution < -0.4 is 5.32 Å². The highest BCUT2D eigenvalue weighted by Gasteiger charge is 2.42. The van der Waals surface area contributed by atoms with Crippen molar-refractivity contribution in [3.8, 4) is 11.1 Å². The van der Waals surface area contributed by atoms with Crippen molar-refractivity contribution in [3.05, 3.63) is 46.7 Å². The molecule has 0 radical (unpaired) electrons. The quantitative estimate of drug-likeness (QED) is 0.389. The average molecular weight is 540 g/mol. The van der Waals surface area contributed by atoms with Crippen LogP contribution in [0.2, 0.25) is 0 Å². The van der Waals surface area contributed by atoms with Gasteiger partial charge >= 0.3 is 6.09 Å². The number of carbonyl (C=O) groups excluding carboxylic acids is 1. The van der Waals surface area contributed by atoms with Gasteiger partial charge in [-0.1, -0.05) is 53.5 Å². The minimum absolute atomic E-state index is 0.120. The second-order valence-electron chi connectivity index (χ2n) is 9.09. The van der Waals surface area contributed by atoms with Gasteiger partial charge in [-0.05, 0) is 65.7 Å². The number of likely N-dealkylation sites (tertiary alicyclic amines) is 1. The SMILES string of the molecule is O=C([C@@H](C1CCN(CCc2cscc2-c2ccccc2)CC1)N(C(=O)O)C(Cl)Cl)N1CCNCC1. The van der Waals surface area contributed by atoms with E-state index in [9.17, 15) is 14.7 Å². The van der Waals surface area contributed by atoms with Crippen LogP contribution in [-0.4, -0.2) is 88.6 Å². The molecular weight excluding hydrogens is 507 g/mol. The van der Waals surface area contributed by atoms with Gasteiger partial charge in [0.2, 0.25) is 5.91 Å². The molecule has 7 nitrogen and oxygen atoms in total. The molecule has 10 heteroatoms. The zero-order valence-corrected chi connectivity index (χ0v) is 21.9. The lowest BCUT2D eigenvalue weighted by Crippen LogP contribution is -2.59. The highest BCUT2D eigenvalue weighted by atomic mass is 35.5. The molecule has 2 N–H and O–H groups in total. The van der Waals surface area contributed by atoms with E-state index in [4.69, 9.17) is 23.2 Å². The number of thiophene rings is 1. The molecule has 2 aromatic rings. The number of nitrogens with one attached hydrogen (secondary N) is 1. The fourth-order valence-corrected chi connectivity index (χ4v) is 6.41. The number of piperidine rings is 1. The second kappa shape index (κ2) is 12.4. The summed E-state index contributed by atoms with van der Waals surface area (Å²) in [6.07, 6.45) is 1.14. The average Bonchev–Trinajstić information content (AvgIpc) is 3.35. The Morgan fingerprint density at radius 3 is 2.40 bits per heavy atom. The molecule has 0 spiro atoms. The summed E-state index contributed by atoms with van der Waals surface area (Å²) in [4.78, 5) is 29.3. The van der Waals surface area contributed by atoms with Crippen molar-refractivity contribution in [2.24, 2.45) is 5.92 Å². The lowest BCUT2D eigenvalue weighted by atomic mass is 9.87. The van der Waals surface area contributed by atoms with Crippen LogP contribution in [0.5, 0.6) is 0 Å². The van der Waals surface area contributed by atoms with Crippen LogP contribution >= 0.6 is 34.5 Å². The van der Waals surface area contributed by atoms with E-state index >= 15 is 0 Å². The van der Waals surface area contributed by atoms with Gasteiger partial charge in [-0.3, -0.25) is 9.69 Å². The second-order valence-corrected chi connectivity index (χ2v) is 10.9. The smallest absolute Gasteiger partial charge is 0.410 e. The Morgan fingerprint density at radius 2 is 1.77 bits per heavy atom. The number of alkyl halides is 2. The van der Waals surface area contributed by atoms with Gasteiger partial charge in [0.15, 0.2) is 4.96 Å². The van der Waals surface area contributed by atoms with Crippen molar-refractivity contribution in [1.29, 1.82) is 0 Å². The minimum Gasteiger partial charge on any atom is -0.465 e. The lowest BCUT2D eigenvalue weighted by molar-refractivity contribution is -0.139. The predicted octanol–water partition coefficient (Wildman–Crippen LogP) is 4.21. The molecule has 0 bridgehead atoms. The van der Waals surface area contributed by atoms with Crippen molar-refractivity contribution >= 4 is 46.5 Å². The summed E-state index contributed by atoms with van der Waals surface area (Å²) in [5.74, 6) is -0.310. The summed E-state index contributed by atoms with van der Waals surface area (Å²) in [5.41, 5.74) is 3.88. The van der Waals surface area contributed by atoms with Gasteiger partial charge < -0.3 is 20.2 Å². The van der Waals surface area contributed by atoms with E-state index in [1.54, 1.807) is 16.2 Å². The third kappa shape index (κ3) is 6.49. The van der Waals surface area contributed by atoms with Gasteiger partial charge in [-0.25, -0.2) is 4.79 Å². The summed E-state index contributed by atoms with van der Waals surface area (Å²) in [7, 11) is 0. The van der Waals surface area contributed by atoms with Crippen LogP contribution in [0.3, 0.4) is 0 Å². The van der Waals surface area contributed by atoms with E-state index < -0.39 is 17.1 Å². The molecule has 0 aliphatic carbocycles. The van der Waals surface area contributed by atoms with E-state index in [-0.39, 0.29) is 11.8 Å². The van der Waals surface area contributed by atoms with Gasteiger partial charge in [0.1, 0.15) is 6.04 Å². The summed E-state index contributed by atoms with van der Waals surface area (Å²) >= 11 is 13.8. The maximum atomic E-state index is 13.4. The lowest BCUT2D eigenvalue weighted by Gasteiger charge is -2.42. The van der Waals surface area contributed by atoms with Crippen LogP contribution in [0.1, 0.15) is 18.4 Å². The first-order chi connectivity index (χ1) is 17.0. The third-order valence-electron chi connectivity index (χ3n) is 7.02. The number of rotatable bonds is 8. The number of halogens is 2. The van der Waals surface area contributed by atoms with Gasteiger partial charge in [-0.15, -0.1) is 0 Å². The van der Waals surface area contributed by atoms with Gasteiger partial charge in [0.05, 0.1) is 0 Å². The Bertz CT molecular complexity index is 976. The van der Waals surface area contributed by atoms with Gasteiger partial charge in [0.25, 0.3) is 0 Å². The number of carbonyl (C=O) groups is 2. The monoisotopic (exact) mass is 538 g/mol. The molecule has 190 valence electrons. The molecule has 3 heterocycles. The van der Waals surface area contributed by atoms with E-state index in [1.165, 1.54) is 16.7 Å². The number of benzene rings is 1. The maximum absolute atomic E-state index is 13.4. The number of piperazine rings is 1. The number of carboxylic acid groups (broad SMARTS) is 1. The maximum Gasteiger partial charge on any atom is 0.410 e. The van der Waals surface area contributed by atoms with Crippen LogP contribution in [0.4, 0.5) is 4.79 Å². The Kier molecular flexibility index (Phi) is 9.30. The van der Waals surface area contributed by atoms with Crippen molar-refractivity contribution in [2.75, 3.05) is 45.8 Å². The molecule has 0 unspecified atom stereocenters. The van der Waals surface area contributed by atoms with Gasteiger partial charge in [0, 0.05) is 32.7 Å². The highest BCUT2D eigenvalue weighted by Crippen LogP contribution is 2.31. The Balaban J connectivity index is 1.39. The zero-order chi connectivity index (χ0) is 24.8. The molecule has 1 aromatic heterocycles. The largest absolute Gasteiger partial charge is 0.465 e. The van der Waals surface area contributed by atoms with Crippen LogP contribution in [-0.2, 0) is 11.2 Å². The molecule has 2 saturated heterocycles. The number of hydrogen-bond donors (Lipinski definition) is 2. The number of hydrogen-bond acceptors (Lipinski definition) is 5. The minimum atomic E-state index is -1.29. The van der Waals surface area contributed by atoms with E-state index in [0.717, 1.165) is 43.8 Å². The predicted molar refractivity (Wildman–Crippen MR) is 141 cm³/mol. The van der Waals surface area contributed by atoms with Crippen molar-refractivity contribution < 1.29 is 14.7 Å². The van der Waals surface area contributed by atoms with Crippen LogP contribution in [0, 0.1) is 5.92 Å². The summed E-state index contributed by atoms with van der Waals surface area (Å²) in [6.45, 7) is 5.05. The van der Waals surface area contributed by atoms with E-state index in [1.807, 2.05) is 6.07 Å². The first-order valence-corrected chi connectivity index (χ1v) is 13.9. The standard InChI is InChI=1S/C25H32Cl2N4O3S/c26-24(27)31(25(33)34)22(23(32)30-14-9-28-10-15-30)19-6-11-29(12-7-19)13-8-20-16-35-17-21(20)18-4-2-1-3-5-18/h1-5,16-17,19,22,24,28H,6-15H2,(H,33,34)/t22-/m1/s1. The fourth-order valence-electron chi connectivity index (χ4n) is 5.10. The van der Waals surface area contributed by atoms with Crippen LogP contribution in [0.25, 0.3) is 11.1 Å². The van der Waals surface area contributed by atoms with Crippen molar-refractivity contribution in [3.63, 3.8) is 0 Å².